The van der Waals surface area contributed by atoms with Gasteiger partial charge >= 0.3 is 23.9 Å². The summed E-state index contributed by atoms with van der Waals surface area (Å²) in [6, 6.07) is 0. The largest absolute Gasteiger partial charge is 0.462 e. The van der Waals surface area contributed by atoms with Crippen molar-refractivity contribution < 1.29 is 42.9 Å². The maximum atomic E-state index is 12.6. The van der Waals surface area contributed by atoms with E-state index in [1.165, 1.54) is 24.3 Å². The standard InChI is InChI=1S/C27H32N2O9/c1-7-35-24(31)20-15(5)22(26(33)37-9-3)28-18(20)13-11-17(30)12-14-19-21(25(32)36-8-2)16(6)23(29-19)27(34)38-10-4/h11-14,28-29H,7-10H2,1-6H3. The van der Waals surface area contributed by atoms with Crippen LogP contribution in [0.1, 0.15) is 91.9 Å². The van der Waals surface area contributed by atoms with Crippen LogP contribution in [0, 0.1) is 13.8 Å². The molecule has 2 rings (SSSR count). The van der Waals surface area contributed by atoms with Crippen LogP contribution in [0.4, 0.5) is 0 Å². The van der Waals surface area contributed by atoms with E-state index in [-0.39, 0.29) is 60.3 Å². The second kappa shape index (κ2) is 13.8. The van der Waals surface area contributed by atoms with Crippen molar-refractivity contribution in [1.29, 1.82) is 0 Å². The Labute approximate surface area is 220 Å². The van der Waals surface area contributed by atoms with Crippen LogP contribution in [0.3, 0.4) is 0 Å². The molecule has 0 fully saturated rings. The second-order valence-electron chi connectivity index (χ2n) is 7.78. The molecule has 0 atom stereocenters. The average Bonchev–Trinajstić information content (AvgIpc) is 3.38. The van der Waals surface area contributed by atoms with Crippen molar-refractivity contribution in [2.45, 2.75) is 41.5 Å². The molecule has 0 aliphatic carbocycles. The van der Waals surface area contributed by atoms with E-state index in [1.807, 2.05) is 0 Å². The van der Waals surface area contributed by atoms with Gasteiger partial charge in [0.05, 0.1) is 48.9 Å². The maximum absolute atomic E-state index is 12.6. The van der Waals surface area contributed by atoms with Gasteiger partial charge in [-0.05, 0) is 77.0 Å². The summed E-state index contributed by atoms with van der Waals surface area (Å²) in [5, 5.41) is 0. The van der Waals surface area contributed by atoms with Gasteiger partial charge in [0.1, 0.15) is 11.4 Å². The SMILES string of the molecule is CCOC(=O)c1[nH]c(C=CC(=O)C=Cc2[nH]c(C(=O)OCC)c(C)c2C(=O)OCC)c(C(=O)OCC)c1C. The van der Waals surface area contributed by atoms with Gasteiger partial charge in [0.25, 0.3) is 0 Å². The number of carbonyl (C=O) groups excluding carboxylic acids is 5. The molecule has 11 nitrogen and oxygen atoms in total. The van der Waals surface area contributed by atoms with E-state index in [4.69, 9.17) is 18.9 Å². The molecule has 0 spiro atoms. The highest BCUT2D eigenvalue weighted by atomic mass is 16.5. The van der Waals surface area contributed by atoms with Crippen molar-refractivity contribution in [2.75, 3.05) is 26.4 Å². The molecular formula is C27H32N2O9. The Hall–Kier alpha value is -4.41. The van der Waals surface area contributed by atoms with Crippen LogP contribution in [0.5, 0.6) is 0 Å². The van der Waals surface area contributed by atoms with Crippen LogP contribution in [0.15, 0.2) is 12.2 Å². The average molecular weight is 529 g/mol. The number of aromatic amines is 2. The molecule has 0 aliphatic rings. The van der Waals surface area contributed by atoms with Gasteiger partial charge < -0.3 is 28.9 Å². The van der Waals surface area contributed by atoms with E-state index in [1.54, 1.807) is 41.5 Å². The Kier molecular flexibility index (Phi) is 10.8. The highest BCUT2D eigenvalue weighted by molar-refractivity contribution is 6.07. The zero-order valence-electron chi connectivity index (χ0n) is 22.3. The van der Waals surface area contributed by atoms with Gasteiger partial charge in [0, 0.05) is 0 Å². The molecule has 0 saturated carbocycles. The monoisotopic (exact) mass is 528 g/mol. The number of carbonyl (C=O) groups is 5. The summed E-state index contributed by atoms with van der Waals surface area (Å²) in [4.78, 5) is 67.9. The smallest absolute Gasteiger partial charge is 0.355 e. The number of ether oxygens (including phenoxy) is 4. The van der Waals surface area contributed by atoms with Crippen LogP contribution in [0.25, 0.3) is 12.2 Å². The molecule has 0 unspecified atom stereocenters. The summed E-state index contributed by atoms with van der Waals surface area (Å²) in [6.45, 7) is 10.3. The van der Waals surface area contributed by atoms with E-state index in [9.17, 15) is 24.0 Å². The lowest BCUT2D eigenvalue weighted by Crippen LogP contribution is -2.09. The molecule has 2 N–H and O–H groups in total. The highest BCUT2D eigenvalue weighted by Gasteiger charge is 2.26. The lowest BCUT2D eigenvalue weighted by molar-refractivity contribution is -0.110. The van der Waals surface area contributed by atoms with E-state index in [2.05, 4.69) is 9.97 Å². The lowest BCUT2D eigenvalue weighted by Gasteiger charge is -2.03. The van der Waals surface area contributed by atoms with E-state index in [0.29, 0.717) is 11.1 Å². The number of nitrogens with one attached hydrogen (secondary N) is 2. The van der Waals surface area contributed by atoms with Crippen LogP contribution in [0.2, 0.25) is 0 Å². The lowest BCUT2D eigenvalue weighted by atomic mass is 10.1. The van der Waals surface area contributed by atoms with Crippen molar-refractivity contribution in [2.24, 2.45) is 0 Å². The van der Waals surface area contributed by atoms with Gasteiger partial charge in [-0.25, -0.2) is 19.2 Å². The normalized spacial score (nSPS) is 11.1. The number of allylic oxidation sites excluding steroid dienone is 2. The first kappa shape index (κ1) is 29.8. The minimum Gasteiger partial charge on any atom is -0.462 e. The van der Waals surface area contributed by atoms with Gasteiger partial charge in [-0.3, -0.25) is 4.79 Å². The molecule has 11 heteroatoms. The zero-order valence-corrected chi connectivity index (χ0v) is 22.3. The Bertz CT molecular complexity index is 1180. The van der Waals surface area contributed by atoms with E-state index in [0.717, 1.165) is 0 Å². The minimum absolute atomic E-state index is 0.0741. The first-order valence-corrected chi connectivity index (χ1v) is 12.1. The van der Waals surface area contributed by atoms with Crippen molar-refractivity contribution >= 4 is 41.8 Å². The predicted molar refractivity (Wildman–Crippen MR) is 138 cm³/mol. The molecule has 0 aliphatic heterocycles. The Morgan fingerprint density at radius 3 is 1.21 bits per heavy atom. The first-order valence-electron chi connectivity index (χ1n) is 12.1. The number of ketones is 1. The molecule has 0 saturated heterocycles. The third-order valence-electron chi connectivity index (χ3n) is 5.30. The second-order valence-corrected chi connectivity index (χ2v) is 7.78. The summed E-state index contributed by atoms with van der Waals surface area (Å²) in [5.74, 6) is -3.12. The topological polar surface area (TPSA) is 154 Å². The fourth-order valence-corrected chi connectivity index (χ4v) is 3.62. The summed E-state index contributed by atoms with van der Waals surface area (Å²) in [6.07, 6.45) is 5.02. The van der Waals surface area contributed by atoms with E-state index < -0.39 is 29.7 Å². The van der Waals surface area contributed by atoms with Gasteiger partial charge in [-0.2, -0.15) is 0 Å². The predicted octanol–water partition coefficient (Wildman–Crippen LogP) is 3.96. The Balaban J connectivity index is 2.42. The van der Waals surface area contributed by atoms with Crippen molar-refractivity contribution in [1.82, 2.24) is 9.97 Å². The molecule has 2 aromatic heterocycles. The molecule has 2 heterocycles. The molecule has 0 bridgehead atoms. The summed E-state index contributed by atoms with van der Waals surface area (Å²) in [7, 11) is 0. The van der Waals surface area contributed by atoms with E-state index >= 15 is 0 Å². The van der Waals surface area contributed by atoms with Gasteiger partial charge in [-0.1, -0.05) is 0 Å². The number of rotatable bonds is 12. The summed E-state index contributed by atoms with van der Waals surface area (Å²) in [5.41, 5.74) is 1.40. The number of esters is 4. The molecule has 0 radical (unpaired) electrons. The number of hydrogen-bond acceptors (Lipinski definition) is 9. The summed E-state index contributed by atoms with van der Waals surface area (Å²) < 4.78 is 20.2. The van der Waals surface area contributed by atoms with Crippen LogP contribution < -0.4 is 0 Å². The maximum Gasteiger partial charge on any atom is 0.355 e. The van der Waals surface area contributed by atoms with Gasteiger partial charge in [0.2, 0.25) is 0 Å². The van der Waals surface area contributed by atoms with Gasteiger partial charge in [-0.15, -0.1) is 0 Å². The first-order chi connectivity index (χ1) is 18.1. The van der Waals surface area contributed by atoms with Crippen LogP contribution in [-0.2, 0) is 23.7 Å². The fraction of sp³-hybridized carbons (Fsp3) is 0.370. The Morgan fingerprint density at radius 2 is 0.895 bits per heavy atom. The molecular weight excluding hydrogens is 496 g/mol. The summed E-state index contributed by atoms with van der Waals surface area (Å²) >= 11 is 0. The quantitative estimate of drug-likeness (QED) is 0.237. The third-order valence-corrected chi connectivity index (χ3v) is 5.30. The molecule has 38 heavy (non-hydrogen) atoms. The molecule has 204 valence electrons. The number of hydrogen-bond donors (Lipinski definition) is 2. The molecule has 2 aromatic rings. The fourth-order valence-electron chi connectivity index (χ4n) is 3.62. The third kappa shape index (κ3) is 6.87. The van der Waals surface area contributed by atoms with Crippen molar-refractivity contribution in [3.8, 4) is 0 Å². The Morgan fingerprint density at radius 1 is 0.579 bits per heavy atom. The van der Waals surface area contributed by atoms with Crippen molar-refractivity contribution in [3.63, 3.8) is 0 Å². The van der Waals surface area contributed by atoms with Gasteiger partial charge in [0.15, 0.2) is 5.78 Å². The highest BCUT2D eigenvalue weighted by Crippen LogP contribution is 2.23. The number of aromatic nitrogens is 2. The minimum atomic E-state index is -0.660. The number of H-pyrrole nitrogens is 2. The van der Waals surface area contributed by atoms with Crippen molar-refractivity contribution in [3.05, 3.63) is 57.2 Å². The van der Waals surface area contributed by atoms with Crippen LogP contribution >= 0.6 is 0 Å². The van der Waals surface area contributed by atoms with Crippen LogP contribution in [-0.4, -0.2) is 66.1 Å². The molecule has 0 aromatic carbocycles. The molecule has 0 amide bonds. The zero-order chi connectivity index (χ0) is 28.4.